The van der Waals surface area contributed by atoms with E-state index >= 15 is 0 Å². The van der Waals surface area contributed by atoms with Crippen LogP contribution in [0.4, 0.5) is 17.5 Å². The molecule has 3 fully saturated rings. The van der Waals surface area contributed by atoms with Gasteiger partial charge >= 0.3 is 0 Å². The first-order valence-corrected chi connectivity index (χ1v) is 11.2. The van der Waals surface area contributed by atoms with Crippen LogP contribution < -0.4 is 15.4 Å². The first kappa shape index (κ1) is 18.7. The fourth-order valence-electron chi connectivity index (χ4n) is 5.11. The number of morpholine rings is 1. The summed E-state index contributed by atoms with van der Waals surface area (Å²) in [6, 6.07) is 1.65. The molecule has 2 aromatic rings. The number of ether oxygens (including phenoxy) is 2. The maximum Gasteiger partial charge on any atom is 0.257 e. The molecule has 160 valence electrons. The lowest BCUT2D eigenvalue weighted by Gasteiger charge is -2.44. The molecule has 10 heteroatoms. The second kappa shape index (κ2) is 7.25. The summed E-state index contributed by atoms with van der Waals surface area (Å²) in [5, 5.41) is 11.9. The van der Waals surface area contributed by atoms with Gasteiger partial charge in [-0.3, -0.25) is 9.58 Å². The van der Waals surface area contributed by atoms with Crippen LogP contribution in [0.3, 0.4) is 0 Å². The predicted molar refractivity (Wildman–Crippen MR) is 113 cm³/mol. The van der Waals surface area contributed by atoms with Crippen LogP contribution in [0.5, 0.6) is 5.88 Å². The number of likely N-dealkylation sites (tertiary alicyclic amines) is 1. The molecule has 4 aliphatic rings. The number of nitrogens with zero attached hydrogens (tertiary/aromatic N) is 5. The SMILES string of the molecule is Cc1c2c(nn1C1CC(N3C[C@H]4C[C@@H]3CO4)C1)OCCCNc1nc(ncc1Cl)N2. The molecule has 3 aliphatic heterocycles. The summed E-state index contributed by atoms with van der Waals surface area (Å²) in [7, 11) is 0. The summed E-state index contributed by atoms with van der Waals surface area (Å²) in [4.78, 5) is 11.5. The van der Waals surface area contributed by atoms with Crippen LogP contribution in [-0.2, 0) is 4.74 Å². The third-order valence-corrected chi connectivity index (χ3v) is 7.07. The maximum atomic E-state index is 6.21. The van der Waals surface area contributed by atoms with Crippen molar-refractivity contribution in [3.05, 3.63) is 16.9 Å². The molecule has 0 aromatic carbocycles. The minimum atomic E-state index is 0.393. The van der Waals surface area contributed by atoms with E-state index in [-0.39, 0.29) is 0 Å². The van der Waals surface area contributed by atoms with Crippen LogP contribution in [0.25, 0.3) is 0 Å². The number of halogens is 1. The minimum absolute atomic E-state index is 0.393. The van der Waals surface area contributed by atoms with E-state index in [0.29, 0.717) is 53.5 Å². The van der Waals surface area contributed by atoms with Crippen LogP contribution in [-0.4, -0.2) is 69.1 Å². The Morgan fingerprint density at radius 2 is 2.10 bits per heavy atom. The number of hydrogen-bond donors (Lipinski definition) is 2. The van der Waals surface area contributed by atoms with Crippen molar-refractivity contribution in [2.75, 3.05) is 36.9 Å². The molecule has 0 unspecified atom stereocenters. The second-order valence-electron chi connectivity index (χ2n) is 8.67. The van der Waals surface area contributed by atoms with Crippen molar-refractivity contribution in [1.82, 2.24) is 24.6 Å². The van der Waals surface area contributed by atoms with Gasteiger partial charge in [-0.15, -0.1) is 5.10 Å². The zero-order valence-corrected chi connectivity index (χ0v) is 17.7. The van der Waals surface area contributed by atoms with Crippen LogP contribution in [0, 0.1) is 6.92 Å². The summed E-state index contributed by atoms with van der Waals surface area (Å²) in [5.41, 5.74) is 1.88. The molecule has 2 saturated heterocycles. The molecule has 6 rings (SSSR count). The third-order valence-electron chi connectivity index (χ3n) is 6.80. The van der Waals surface area contributed by atoms with E-state index in [1.807, 2.05) is 0 Å². The number of aromatic nitrogens is 4. The van der Waals surface area contributed by atoms with Gasteiger partial charge in [-0.2, -0.15) is 4.98 Å². The number of rotatable bonds is 2. The molecule has 0 spiro atoms. The van der Waals surface area contributed by atoms with Crippen molar-refractivity contribution in [2.45, 2.75) is 56.8 Å². The molecule has 0 amide bonds. The Hall–Kier alpha value is -2.10. The van der Waals surface area contributed by atoms with Gasteiger partial charge in [0.15, 0.2) is 5.82 Å². The first-order valence-electron chi connectivity index (χ1n) is 10.8. The Labute approximate surface area is 180 Å². The average Bonchev–Trinajstić information content (AvgIpc) is 3.39. The predicted octanol–water partition coefficient (Wildman–Crippen LogP) is 2.75. The highest BCUT2D eigenvalue weighted by Gasteiger charge is 2.46. The molecule has 4 bridgehead atoms. The van der Waals surface area contributed by atoms with E-state index in [4.69, 9.17) is 26.2 Å². The zero-order valence-electron chi connectivity index (χ0n) is 17.0. The number of nitrogens with one attached hydrogen (secondary N) is 2. The third kappa shape index (κ3) is 3.11. The molecule has 1 saturated carbocycles. The highest BCUT2D eigenvalue weighted by molar-refractivity contribution is 6.32. The molecular formula is C20H26ClN7O2. The van der Waals surface area contributed by atoms with Gasteiger partial charge in [0.1, 0.15) is 10.7 Å². The quantitative estimate of drug-likeness (QED) is 0.750. The number of anilines is 3. The van der Waals surface area contributed by atoms with Crippen molar-refractivity contribution in [2.24, 2.45) is 0 Å². The summed E-state index contributed by atoms with van der Waals surface area (Å²) in [5.74, 6) is 1.73. The van der Waals surface area contributed by atoms with Crippen molar-refractivity contribution in [3.8, 4) is 5.88 Å². The Balaban J connectivity index is 1.23. The smallest absolute Gasteiger partial charge is 0.257 e. The molecule has 2 N–H and O–H groups in total. The molecule has 2 atom stereocenters. The fourth-order valence-corrected chi connectivity index (χ4v) is 5.27. The monoisotopic (exact) mass is 431 g/mol. The average molecular weight is 432 g/mol. The lowest BCUT2D eigenvalue weighted by atomic mass is 9.85. The van der Waals surface area contributed by atoms with E-state index in [1.165, 1.54) is 6.42 Å². The zero-order chi connectivity index (χ0) is 20.2. The van der Waals surface area contributed by atoms with Crippen LogP contribution in [0.1, 0.15) is 37.4 Å². The van der Waals surface area contributed by atoms with Gasteiger partial charge in [0.25, 0.3) is 5.88 Å². The summed E-state index contributed by atoms with van der Waals surface area (Å²) in [6.45, 7) is 5.36. The fraction of sp³-hybridized carbons (Fsp3) is 0.650. The Morgan fingerprint density at radius 3 is 2.90 bits per heavy atom. The Morgan fingerprint density at radius 1 is 1.20 bits per heavy atom. The Kier molecular flexibility index (Phi) is 4.51. The summed E-state index contributed by atoms with van der Waals surface area (Å²) >= 11 is 6.21. The Bertz CT molecular complexity index is 961. The summed E-state index contributed by atoms with van der Waals surface area (Å²) < 4.78 is 13.9. The van der Waals surface area contributed by atoms with Gasteiger partial charge in [-0.1, -0.05) is 11.6 Å². The largest absolute Gasteiger partial charge is 0.475 e. The second-order valence-corrected chi connectivity index (χ2v) is 9.08. The molecule has 30 heavy (non-hydrogen) atoms. The lowest BCUT2D eigenvalue weighted by molar-refractivity contribution is -0.0200. The van der Waals surface area contributed by atoms with Crippen molar-refractivity contribution >= 4 is 29.1 Å². The molecule has 5 heterocycles. The first-order chi connectivity index (χ1) is 14.7. The van der Waals surface area contributed by atoms with E-state index in [2.05, 4.69) is 37.1 Å². The molecule has 9 nitrogen and oxygen atoms in total. The van der Waals surface area contributed by atoms with Crippen LogP contribution in [0.2, 0.25) is 5.02 Å². The van der Waals surface area contributed by atoms with Crippen molar-refractivity contribution in [1.29, 1.82) is 0 Å². The van der Waals surface area contributed by atoms with E-state index in [9.17, 15) is 0 Å². The lowest BCUT2D eigenvalue weighted by Crippen LogP contribution is -2.50. The topological polar surface area (TPSA) is 89.4 Å². The minimum Gasteiger partial charge on any atom is -0.475 e. The van der Waals surface area contributed by atoms with Gasteiger partial charge in [-0.25, -0.2) is 4.98 Å². The van der Waals surface area contributed by atoms with E-state index < -0.39 is 0 Å². The van der Waals surface area contributed by atoms with Crippen molar-refractivity contribution in [3.63, 3.8) is 0 Å². The van der Waals surface area contributed by atoms with Gasteiger partial charge in [-0.05, 0) is 32.6 Å². The molecule has 0 radical (unpaired) electrons. The summed E-state index contributed by atoms with van der Waals surface area (Å²) in [6.07, 6.45) is 6.33. The van der Waals surface area contributed by atoms with E-state index in [0.717, 1.165) is 50.3 Å². The van der Waals surface area contributed by atoms with Crippen LogP contribution in [0.15, 0.2) is 6.20 Å². The van der Waals surface area contributed by atoms with Gasteiger partial charge in [0.2, 0.25) is 5.95 Å². The van der Waals surface area contributed by atoms with Gasteiger partial charge < -0.3 is 20.1 Å². The van der Waals surface area contributed by atoms with Gasteiger partial charge in [0, 0.05) is 25.2 Å². The normalized spacial score (nSPS) is 30.5. The van der Waals surface area contributed by atoms with E-state index in [1.54, 1.807) is 6.20 Å². The highest BCUT2D eigenvalue weighted by atomic mass is 35.5. The standard InChI is InChI=1S/C20H26ClN7O2/c1-11-17-19(29-4-2-3-22-18-16(21)8-23-20(24-17)25-18)26-28(11)13-5-12(6-13)27-9-15-7-14(27)10-30-15/h8,12-15H,2-7,9-10H2,1H3,(H2,22,23,24,25)/t12?,13?,14-,15-/m1/s1. The number of fused-ring (bicyclic) bond motifs is 5. The van der Waals surface area contributed by atoms with Crippen LogP contribution >= 0.6 is 11.6 Å². The van der Waals surface area contributed by atoms with Crippen molar-refractivity contribution < 1.29 is 9.47 Å². The van der Waals surface area contributed by atoms with Gasteiger partial charge in [0.05, 0.1) is 37.3 Å². The maximum absolute atomic E-state index is 6.21. The molecule has 2 aromatic heterocycles. The highest BCUT2D eigenvalue weighted by Crippen LogP contribution is 2.43. The number of hydrogen-bond acceptors (Lipinski definition) is 8. The molecule has 1 aliphatic carbocycles. The molecular weight excluding hydrogens is 406 g/mol.